The van der Waals surface area contributed by atoms with Gasteiger partial charge in [0.2, 0.25) is 0 Å². The van der Waals surface area contributed by atoms with E-state index in [9.17, 15) is 39.4 Å². The van der Waals surface area contributed by atoms with E-state index in [1.54, 1.807) is 12.1 Å². The quantitative estimate of drug-likeness (QED) is 0.148. The molecule has 0 amide bonds. The Morgan fingerprint density at radius 3 is 1.47 bits per heavy atom. The highest BCUT2D eigenvalue weighted by Crippen LogP contribution is 2.42. The number of benzene rings is 2. The number of hydrogen-bond donors (Lipinski definition) is 6. The van der Waals surface area contributed by atoms with Crippen molar-refractivity contribution in [3.63, 3.8) is 0 Å². The average Bonchev–Trinajstić information content (AvgIpc) is 3.71. The van der Waals surface area contributed by atoms with Gasteiger partial charge in [-0.25, -0.2) is 18.1 Å². The predicted octanol–water partition coefficient (Wildman–Crippen LogP) is -0.125. The molecule has 2 aromatic carbocycles. The van der Waals surface area contributed by atoms with E-state index in [2.05, 4.69) is 20.6 Å². The van der Waals surface area contributed by atoms with Gasteiger partial charge >= 0.3 is 0 Å². The van der Waals surface area contributed by atoms with E-state index in [1.807, 2.05) is 0 Å². The minimum atomic E-state index is -1.51. The first-order chi connectivity index (χ1) is 21.7. The minimum absolute atomic E-state index is 0.268. The van der Waals surface area contributed by atoms with E-state index in [1.165, 1.54) is 58.2 Å². The van der Waals surface area contributed by atoms with Crippen molar-refractivity contribution in [1.82, 2.24) is 30.0 Å². The highest BCUT2D eigenvalue weighted by molar-refractivity contribution is 8.00. The summed E-state index contributed by atoms with van der Waals surface area (Å²) in [5, 5.41) is 80.8. The Balaban J connectivity index is 1.25. The van der Waals surface area contributed by atoms with E-state index in [4.69, 9.17) is 9.47 Å². The van der Waals surface area contributed by atoms with E-state index in [0.717, 1.165) is 11.8 Å². The van der Waals surface area contributed by atoms with Crippen LogP contribution in [0.4, 0.5) is 8.78 Å². The molecular formula is C28H30F2N6O8S. The Kier molecular flexibility index (Phi) is 9.23. The molecule has 6 N–H and O–H groups in total. The van der Waals surface area contributed by atoms with Crippen LogP contribution in [0.5, 0.6) is 0 Å². The van der Waals surface area contributed by atoms with Crippen LogP contribution in [0.25, 0.3) is 22.5 Å². The molecule has 4 aromatic rings. The fraction of sp³-hybridized carbons (Fsp3) is 0.429. The number of thioether (sulfide) groups is 1. The Morgan fingerprint density at radius 1 is 0.667 bits per heavy atom. The van der Waals surface area contributed by atoms with Gasteiger partial charge in [-0.3, -0.25) is 0 Å². The molecule has 2 fully saturated rings. The van der Waals surface area contributed by atoms with Gasteiger partial charge in [0, 0.05) is 11.1 Å². The van der Waals surface area contributed by atoms with Crippen LogP contribution in [0.15, 0.2) is 60.9 Å². The van der Waals surface area contributed by atoms with Crippen LogP contribution >= 0.6 is 11.8 Å². The van der Waals surface area contributed by atoms with Crippen molar-refractivity contribution in [1.29, 1.82) is 0 Å². The van der Waals surface area contributed by atoms with Crippen molar-refractivity contribution >= 4 is 11.8 Å². The molecule has 17 heteroatoms. The van der Waals surface area contributed by atoms with Crippen LogP contribution in [0.1, 0.15) is 12.1 Å². The van der Waals surface area contributed by atoms with Gasteiger partial charge in [0.05, 0.1) is 25.6 Å². The summed E-state index contributed by atoms with van der Waals surface area (Å²) >= 11 is 0.796. The van der Waals surface area contributed by atoms with E-state index >= 15 is 0 Å². The molecule has 45 heavy (non-hydrogen) atoms. The molecule has 0 aliphatic carbocycles. The van der Waals surface area contributed by atoms with E-state index in [0.29, 0.717) is 11.1 Å². The summed E-state index contributed by atoms with van der Waals surface area (Å²) in [5.41, 5.74) is -1.10. The lowest BCUT2D eigenvalue weighted by atomic mass is 9.97. The van der Waals surface area contributed by atoms with Gasteiger partial charge in [-0.1, -0.05) is 46.5 Å². The van der Waals surface area contributed by atoms with Gasteiger partial charge in [-0.2, -0.15) is 0 Å². The molecule has 2 saturated heterocycles. The third-order valence-electron chi connectivity index (χ3n) is 7.84. The number of aliphatic hydroxyl groups is 6. The molecule has 0 radical (unpaired) electrons. The zero-order chi connectivity index (χ0) is 31.8. The Hall–Kier alpha value is -3.39. The van der Waals surface area contributed by atoms with Gasteiger partial charge in [-0.05, 0) is 24.3 Å². The van der Waals surface area contributed by atoms with Gasteiger partial charge in [0.1, 0.15) is 82.6 Å². The summed E-state index contributed by atoms with van der Waals surface area (Å²) in [5.74, 6) is -0.978. The molecule has 10 atom stereocenters. The second kappa shape index (κ2) is 13.1. The van der Waals surface area contributed by atoms with Crippen LogP contribution in [-0.4, -0.2) is 121 Å². The SMILES string of the molecule is OCC1OC(SC2OC(CO)C(O)C(n3cc(-c4cccc(F)c4)nn3)[C@@H]2O)C(O)C(n2cc(-c3cccc(F)c3)nn2)C1O. The third-order valence-corrected chi connectivity index (χ3v) is 9.15. The lowest BCUT2D eigenvalue weighted by molar-refractivity contribution is -0.189. The maximum atomic E-state index is 13.8. The Labute approximate surface area is 258 Å². The smallest absolute Gasteiger partial charge is 0.134 e. The number of ether oxygens (including phenoxy) is 2. The molecule has 240 valence electrons. The lowest BCUT2D eigenvalue weighted by Crippen LogP contribution is -2.58. The molecule has 2 aliphatic heterocycles. The number of rotatable bonds is 8. The van der Waals surface area contributed by atoms with Crippen molar-refractivity contribution in [3.8, 4) is 22.5 Å². The largest absolute Gasteiger partial charge is 0.394 e. The fourth-order valence-corrected chi connectivity index (χ4v) is 6.84. The first-order valence-corrected chi connectivity index (χ1v) is 14.9. The van der Waals surface area contributed by atoms with E-state index in [-0.39, 0.29) is 11.4 Å². The van der Waals surface area contributed by atoms with Gasteiger partial charge in [0.25, 0.3) is 0 Å². The number of hydrogen-bond acceptors (Lipinski definition) is 13. The molecule has 14 nitrogen and oxygen atoms in total. The second-order valence-corrected chi connectivity index (χ2v) is 11.9. The highest BCUT2D eigenvalue weighted by atomic mass is 32.2. The highest BCUT2D eigenvalue weighted by Gasteiger charge is 2.51. The lowest BCUT2D eigenvalue weighted by Gasteiger charge is -2.46. The Morgan fingerprint density at radius 2 is 1.09 bits per heavy atom. The summed E-state index contributed by atoms with van der Waals surface area (Å²) in [4.78, 5) is 0. The maximum absolute atomic E-state index is 13.8. The first kappa shape index (κ1) is 31.6. The zero-order valence-electron chi connectivity index (χ0n) is 23.3. The molecule has 2 aromatic heterocycles. The molecule has 6 rings (SSSR count). The van der Waals surface area contributed by atoms with Gasteiger partial charge < -0.3 is 40.1 Å². The van der Waals surface area contributed by atoms with Crippen molar-refractivity contribution in [2.24, 2.45) is 0 Å². The normalized spacial score (nSPS) is 32.1. The molecule has 2 aliphatic rings. The van der Waals surface area contributed by atoms with Crippen molar-refractivity contribution in [3.05, 3.63) is 72.6 Å². The van der Waals surface area contributed by atoms with Crippen LogP contribution < -0.4 is 0 Å². The molecule has 4 heterocycles. The molecule has 9 unspecified atom stereocenters. The average molecular weight is 649 g/mol. The molecule has 0 spiro atoms. The molecule has 0 bridgehead atoms. The topological polar surface area (TPSA) is 201 Å². The van der Waals surface area contributed by atoms with Gasteiger partial charge in [0.15, 0.2) is 0 Å². The van der Waals surface area contributed by atoms with Crippen molar-refractivity contribution in [2.45, 2.75) is 59.6 Å². The first-order valence-electron chi connectivity index (χ1n) is 13.9. The monoisotopic (exact) mass is 648 g/mol. The summed E-state index contributed by atoms with van der Waals surface area (Å²) in [7, 11) is 0. The third kappa shape index (κ3) is 6.23. The predicted molar refractivity (Wildman–Crippen MR) is 152 cm³/mol. The summed E-state index contributed by atoms with van der Waals surface area (Å²) in [6.45, 7) is -1.27. The van der Waals surface area contributed by atoms with Crippen LogP contribution in [0.3, 0.4) is 0 Å². The minimum Gasteiger partial charge on any atom is -0.394 e. The molecular weight excluding hydrogens is 618 g/mol. The summed E-state index contributed by atoms with van der Waals surface area (Å²) in [6.07, 6.45) is -5.48. The maximum Gasteiger partial charge on any atom is 0.134 e. The summed E-state index contributed by atoms with van der Waals surface area (Å²) < 4.78 is 41.5. The Bertz CT molecular complexity index is 1500. The number of aromatic nitrogens is 6. The van der Waals surface area contributed by atoms with Crippen LogP contribution in [0.2, 0.25) is 0 Å². The van der Waals surface area contributed by atoms with E-state index < -0.39 is 84.4 Å². The van der Waals surface area contributed by atoms with Gasteiger partial charge in [-0.15, -0.1) is 10.2 Å². The van der Waals surface area contributed by atoms with Crippen LogP contribution in [0, 0.1) is 11.6 Å². The summed E-state index contributed by atoms with van der Waals surface area (Å²) in [6, 6.07) is 8.88. The van der Waals surface area contributed by atoms with Crippen molar-refractivity contribution in [2.75, 3.05) is 13.2 Å². The number of nitrogens with zero attached hydrogens (tertiary/aromatic N) is 6. The van der Waals surface area contributed by atoms with Crippen LogP contribution in [-0.2, 0) is 9.47 Å². The number of aliphatic hydroxyl groups excluding tert-OH is 6. The fourth-order valence-electron chi connectivity index (χ4n) is 5.52. The zero-order valence-corrected chi connectivity index (χ0v) is 24.1. The standard InChI is InChI=1S/C28H30F2N6O8S/c29-15-5-1-3-13(7-15)17-9-35(33-31-17)21-23(39)19(11-37)43-27(25(21)41)45-28-26(42)22(24(40)20(12-38)44-28)36-10-18(32-34-36)14-4-2-6-16(30)8-14/h1-10,19-28,37-42H,11-12H2/t19?,20?,21?,22?,23?,24?,25-,26?,27?,28?/m0/s1. The second-order valence-electron chi connectivity index (χ2n) is 10.7. The number of halogens is 2. The van der Waals surface area contributed by atoms with Crippen molar-refractivity contribution < 1.29 is 48.9 Å². The molecule has 0 saturated carbocycles.